The van der Waals surface area contributed by atoms with E-state index in [2.05, 4.69) is 13.8 Å². The highest BCUT2D eigenvalue weighted by Crippen LogP contribution is 2.70. The average molecular weight is 194 g/mol. The molecular formula is C14H26. The number of hydrogen-bond donors (Lipinski definition) is 0. The van der Waals surface area contributed by atoms with Gasteiger partial charge in [-0.3, -0.25) is 0 Å². The van der Waals surface area contributed by atoms with Gasteiger partial charge in [-0.05, 0) is 42.9 Å². The quantitative estimate of drug-likeness (QED) is 0.511. The SMILES string of the molecule is CCCC(C)CCCCC12CCC1C2. The van der Waals surface area contributed by atoms with Gasteiger partial charge in [-0.15, -0.1) is 0 Å². The second-order valence-corrected chi connectivity index (χ2v) is 5.94. The molecule has 0 N–H and O–H groups in total. The van der Waals surface area contributed by atoms with Crippen molar-refractivity contribution in [2.45, 2.75) is 71.6 Å². The van der Waals surface area contributed by atoms with Crippen LogP contribution in [0.1, 0.15) is 71.6 Å². The van der Waals surface area contributed by atoms with Crippen molar-refractivity contribution in [3.8, 4) is 0 Å². The van der Waals surface area contributed by atoms with E-state index in [-0.39, 0.29) is 0 Å². The van der Waals surface area contributed by atoms with Crippen molar-refractivity contribution in [1.29, 1.82) is 0 Å². The van der Waals surface area contributed by atoms with Crippen LogP contribution in [0.5, 0.6) is 0 Å². The third-order valence-corrected chi connectivity index (χ3v) is 4.75. The zero-order valence-electron chi connectivity index (χ0n) is 10.0. The highest BCUT2D eigenvalue weighted by Gasteiger charge is 2.59. The largest absolute Gasteiger partial charge is 0.0654 e. The fourth-order valence-electron chi connectivity index (χ4n) is 3.43. The van der Waals surface area contributed by atoms with Gasteiger partial charge in [-0.1, -0.05) is 46.0 Å². The maximum absolute atomic E-state index is 2.42. The van der Waals surface area contributed by atoms with Crippen molar-refractivity contribution in [3.05, 3.63) is 0 Å². The molecule has 0 spiro atoms. The molecule has 0 heterocycles. The third kappa shape index (κ3) is 2.15. The van der Waals surface area contributed by atoms with Crippen LogP contribution in [-0.2, 0) is 0 Å². The van der Waals surface area contributed by atoms with Crippen LogP contribution in [0.4, 0.5) is 0 Å². The molecule has 3 atom stereocenters. The Kier molecular flexibility index (Phi) is 3.19. The summed E-state index contributed by atoms with van der Waals surface area (Å²) in [6.45, 7) is 4.73. The maximum atomic E-state index is 2.42. The monoisotopic (exact) mass is 194 g/mol. The van der Waals surface area contributed by atoms with Crippen LogP contribution in [0.25, 0.3) is 0 Å². The number of unbranched alkanes of at least 4 members (excludes halogenated alkanes) is 1. The minimum absolute atomic E-state index is 0.925. The molecule has 0 aromatic rings. The summed E-state index contributed by atoms with van der Waals surface area (Å²) < 4.78 is 0. The Morgan fingerprint density at radius 2 is 2.14 bits per heavy atom. The van der Waals surface area contributed by atoms with E-state index in [9.17, 15) is 0 Å². The first-order valence-electron chi connectivity index (χ1n) is 6.77. The predicted octanol–water partition coefficient (Wildman–Crippen LogP) is 4.78. The van der Waals surface area contributed by atoms with E-state index in [0.29, 0.717) is 0 Å². The lowest BCUT2D eigenvalue weighted by atomic mass is 9.80. The highest BCUT2D eigenvalue weighted by atomic mass is 14.6. The summed E-state index contributed by atoms with van der Waals surface area (Å²) in [6, 6.07) is 0. The van der Waals surface area contributed by atoms with Crippen LogP contribution in [0.15, 0.2) is 0 Å². The van der Waals surface area contributed by atoms with E-state index < -0.39 is 0 Å². The van der Waals surface area contributed by atoms with Gasteiger partial charge in [-0.25, -0.2) is 0 Å². The van der Waals surface area contributed by atoms with Gasteiger partial charge >= 0.3 is 0 Å². The van der Waals surface area contributed by atoms with E-state index in [1.54, 1.807) is 25.7 Å². The van der Waals surface area contributed by atoms with Crippen LogP contribution in [0.2, 0.25) is 0 Å². The Morgan fingerprint density at radius 1 is 1.29 bits per heavy atom. The van der Waals surface area contributed by atoms with Crippen molar-refractivity contribution in [3.63, 3.8) is 0 Å². The summed E-state index contributed by atoms with van der Waals surface area (Å²) in [5, 5.41) is 0. The van der Waals surface area contributed by atoms with Crippen LogP contribution in [0, 0.1) is 17.3 Å². The Labute approximate surface area is 89.5 Å². The molecule has 0 bridgehead atoms. The minimum Gasteiger partial charge on any atom is -0.0654 e. The van der Waals surface area contributed by atoms with Gasteiger partial charge in [-0.2, -0.15) is 0 Å². The molecule has 0 nitrogen and oxygen atoms in total. The Morgan fingerprint density at radius 3 is 2.64 bits per heavy atom. The third-order valence-electron chi connectivity index (χ3n) is 4.75. The summed E-state index contributed by atoms with van der Waals surface area (Å²) in [6.07, 6.45) is 13.6. The van der Waals surface area contributed by atoms with E-state index in [1.807, 2.05) is 0 Å². The molecule has 0 aromatic heterocycles. The molecule has 0 radical (unpaired) electrons. The minimum atomic E-state index is 0.925. The van der Waals surface area contributed by atoms with Crippen molar-refractivity contribution in [1.82, 2.24) is 0 Å². The van der Waals surface area contributed by atoms with Crippen LogP contribution >= 0.6 is 0 Å². The first kappa shape index (κ1) is 10.5. The molecule has 2 saturated carbocycles. The first-order valence-corrected chi connectivity index (χ1v) is 6.77. The fraction of sp³-hybridized carbons (Fsp3) is 1.00. The molecule has 2 rings (SSSR count). The molecule has 0 aromatic carbocycles. The summed E-state index contributed by atoms with van der Waals surface area (Å²) in [7, 11) is 0. The van der Waals surface area contributed by atoms with Crippen molar-refractivity contribution >= 4 is 0 Å². The van der Waals surface area contributed by atoms with Gasteiger partial charge in [0, 0.05) is 0 Å². The number of rotatable bonds is 7. The van der Waals surface area contributed by atoms with Gasteiger partial charge in [0.1, 0.15) is 0 Å². The lowest BCUT2D eigenvalue weighted by molar-refractivity contribution is 0.261. The molecule has 0 aliphatic heterocycles. The number of fused-ring (bicyclic) bond motifs is 1. The normalized spacial score (nSPS) is 36.0. The molecule has 0 amide bonds. The summed E-state index contributed by atoms with van der Waals surface area (Å²) in [4.78, 5) is 0. The Balaban J connectivity index is 1.47. The zero-order valence-corrected chi connectivity index (χ0v) is 10.0. The van der Waals surface area contributed by atoms with Gasteiger partial charge < -0.3 is 0 Å². The average Bonchev–Trinajstić information content (AvgIpc) is 2.65. The van der Waals surface area contributed by atoms with Gasteiger partial charge in [0.2, 0.25) is 0 Å². The van der Waals surface area contributed by atoms with Crippen molar-refractivity contribution in [2.24, 2.45) is 17.3 Å². The molecule has 2 fully saturated rings. The summed E-state index contributed by atoms with van der Waals surface area (Å²) in [5.41, 5.74) is 0.925. The van der Waals surface area contributed by atoms with E-state index in [0.717, 1.165) is 11.3 Å². The van der Waals surface area contributed by atoms with Crippen LogP contribution in [0.3, 0.4) is 0 Å². The smallest absolute Gasteiger partial charge is 0.0266 e. The van der Waals surface area contributed by atoms with Gasteiger partial charge in [0.15, 0.2) is 0 Å². The van der Waals surface area contributed by atoms with E-state index in [4.69, 9.17) is 0 Å². The maximum Gasteiger partial charge on any atom is -0.0266 e. The lowest BCUT2D eigenvalue weighted by Crippen LogP contribution is -2.13. The van der Waals surface area contributed by atoms with Gasteiger partial charge in [0.25, 0.3) is 0 Å². The Bertz CT molecular complexity index is 180. The zero-order chi connectivity index (χ0) is 10.0. The summed E-state index contributed by atoms with van der Waals surface area (Å²) in [5.74, 6) is 2.17. The standard InChI is InChI=1S/C14H26/c1-3-6-12(2)7-4-5-9-14-10-8-13(14)11-14/h12-13H,3-11H2,1-2H3. The highest BCUT2D eigenvalue weighted by molar-refractivity contribution is 5.09. The summed E-state index contributed by atoms with van der Waals surface area (Å²) >= 11 is 0. The molecule has 0 heteroatoms. The molecule has 82 valence electrons. The Hall–Kier alpha value is 0. The van der Waals surface area contributed by atoms with Gasteiger partial charge in [0.05, 0.1) is 0 Å². The van der Waals surface area contributed by atoms with Crippen LogP contribution in [-0.4, -0.2) is 0 Å². The van der Waals surface area contributed by atoms with Crippen molar-refractivity contribution in [2.75, 3.05) is 0 Å². The first-order chi connectivity index (χ1) is 6.77. The fourth-order valence-corrected chi connectivity index (χ4v) is 3.43. The van der Waals surface area contributed by atoms with E-state index >= 15 is 0 Å². The molecule has 14 heavy (non-hydrogen) atoms. The topological polar surface area (TPSA) is 0 Å². The second kappa shape index (κ2) is 4.24. The molecule has 3 unspecified atom stereocenters. The van der Waals surface area contributed by atoms with E-state index in [1.165, 1.54) is 38.0 Å². The second-order valence-electron chi connectivity index (χ2n) is 5.94. The molecular weight excluding hydrogens is 168 g/mol. The predicted molar refractivity (Wildman–Crippen MR) is 62.3 cm³/mol. The molecule has 0 saturated heterocycles. The molecule has 2 aliphatic rings. The number of hydrogen-bond acceptors (Lipinski definition) is 0. The van der Waals surface area contributed by atoms with Crippen LogP contribution < -0.4 is 0 Å². The van der Waals surface area contributed by atoms with Crippen molar-refractivity contribution < 1.29 is 0 Å². The molecule has 2 aliphatic carbocycles. The lowest BCUT2D eigenvalue weighted by Gasteiger charge is -2.25.